The van der Waals surface area contributed by atoms with E-state index < -0.39 is 0 Å². The number of nitriles is 1. The van der Waals surface area contributed by atoms with Gasteiger partial charge in [-0.1, -0.05) is 0 Å². The molecule has 1 unspecified atom stereocenters. The summed E-state index contributed by atoms with van der Waals surface area (Å²) in [6, 6.07) is 4.84. The molecule has 0 bridgehead atoms. The molecule has 2 aliphatic rings. The normalized spacial score (nSPS) is 19.8. The van der Waals surface area contributed by atoms with Gasteiger partial charge in [-0.2, -0.15) is 5.26 Å². The third kappa shape index (κ3) is 3.19. The molecule has 1 aliphatic heterocycles. The van der Waals surface area contributed by atoms with E-state index in [2.05, 4.69) is 23.2 Å². The number of rotatable bonds is 4. The topological polar surface area (TPSA) is 52.0 Å². The number of fused-ring (bicyclic) bond motifs is 1. The number of hydrogen-bond acceptors (Lipinski definition) is 4. The van der Waals surface area contributed by atoms with E-state index in [0.29, 0.717) is 11.6 Å². The van der Waals surface area contributed by atoms with E-state index >= 15 is 0 Å². The van der Waals surface area contributed by atoms with E-state index in [0.717, 1.165) is 25.2 Å². The van der Waals surface area contributed by atoms with Gasteiger partial charge in [-0.15, -0.1) is 0 Å². The number of aryl methyl sites for hydroxylation is 2. The lowest BCUT2D eigenvalue weighted by Gasteiger charge is -2.25. The summed E-state index contributed by atoms with van der Waals surface area (Å²) in [5, 5.41) is 12.8. The van der Waals surface area contributed by atoms with Crippen molar-refractivity contribution in [2.75, 3.05) is 25.0 Å². The van der Waals surface area contributed by atoms with E-state index in [1.807, 2.05) is 6.07 Å². The first-order chi connectivity index (χ1) is 10.3. The number of nitrogens with zero attached hydrogens (tertiary/aromatic N) is 3. The Labute approximate surface area is 127 Å². The molecule has 0 spiro atoms. The molecule has 2 heterocycles. The molecule has 1 aromatic rings. The Morgan fingerprint density at radius 2 is 2.05 bits per heavy atom. The largest absolute Gasteiger partial charge is 0.367 e. The Morgan fingerprint density at radius 1 is 1.29 bits per heavy atom. The zero-order chi connectivity index (χ0) is 14.7. The standard InChI is InChI=1S/C17H24N4/c1-13(21-8-4-5-9-21)12-19-17-15(11-18)10-14-6-2-3-7-16(14)20-17/h10,13H,2-9,12H2,1H3,(H,19,20). The van der Waals surface area contributed by atoms with Crippen LogP contribution in [0.25, 0.3) is 0 Å². The average Bonchev–Trinajstić information content (AvgIpc) is 3.06. The van der Waals surface area contributed by atoms with E-state index in [1.54, 1.807) is 0 Å². The zero-order valence-electron chi connectivity index (χ0n) is 12.9. The fourth-order valence-electron chi connectivity index (χ4n) is 3.41. The van der Waals surface area contributed by atoms with Crippen LogP contribution in [0.2, 0.25) is 0 Å². The molecular weight excluding hydrogens is 260 g/mol. The fourth-order valence-corrected chi connectivity index (χ4v) is 3.41. The van der Waals surface area contributed by atoms with Crippen LogP contribution < -0.4 is 5.32 Å². The zero-order valence-corrected chi connectivity index (χ0v) is 12.9. The second kappa shape index (κ2) is 6.44. The number of nitrogens with one attached hydrogen (secondary N) is 1. The Balaban J connectivity index is 1.70. The Bertz CT molecular complexity index is 540. The van der Waals surface area contributed by atoms with Gasteiger partial charge in [-0.05, 0) is 70.2 Å². The van der Waals surface area contributed by atoms with Crippen molar-refractivity contribution in [3.05, 3.63) is 22.9 Å². The lowest BCUT2D eigenvalue weighted by molar-refractivity contribution is 0.269. The summed E-state index contributed by atoms with van der Waals surface area (Å²) < 4.78 is 0. The van der Waals surface area contributed by atoms with Gasteiger partial charge in [0, 0.05) is 18.3 Å². The van der Waals surface area contributed by atoms with Crippen LogP contribution in [0.1, 0.15) is 49.4 Å². The fraction of sp³-hybridized carbons (Fsp3) is 0.647. The molecule has 4 heteroatoms. The Morgan fingerprint density at radius 3 is 2.81 bits per heavy atom. The molecule has 1 fully saturated rings. The number of pyridine rings is 1. The molecule has 1 aromatic heterocycles. The van der Waals surface area contributed by atoms with Crippen LogP contribution in [0.3, 0.4) is 0 Å². The van der Waals surface area contributed by atoms with Gasteiger partial charge in [0.05, 0.1) is 5.56 Å². The molecule has 112 valence electrons. The first-order valence-corrected chi connectivity index (χ1v) is 8.19. The van der Waals surface area contributed by atoms with Gasteiger partial charge < -0.3 is 5.32 Å². The minimum Gasteiger partial charge on any atom is -0.367 e. The molecule has 1 N–H and O–H groups in total. The number of hydrogen-bond donors (Lipinski definition) is 1. The van der Waals surface area contributed by atoms with Crippen molar-refractivity contribution in [3.63, 3.8) is 0 Å². The number of anilines is 1. The first kappa shape index (κ1) is 14.3. The molecular formula is C17H24N4. The summed E-state index contributed by atoms with van der Waals surface area (Å²) in [6.07, 6.45) is 7.18. The minimum absolute atomic E-state index is 0.497. The highest BCUT2D eigenvalue weighted by molar-refractivity contribution is 5.54. The summed E-state index contributed by atoms with van der Waals surface area (Å²) in [5.41, 5.74) is 3.16. The van der Waals surface area contributed by atoms with Gasteiger partial charge in [0.25, 0.3) is 0 Å². The van der Waals surface area contributed by atoms with Crippen LogP contribution in [0.4, 0.5) is 5.82 Å². The predicted octanol–water partition coefficient (Wildman–Crippen LogP) is 2.73. The third-order valence-electron chi connectivity index (χ3n) is 4.75. The van der Waals surface area contributed by atoms with Gasteiger partial charge in [-0.3, -0.25) is 4.90 Å². The lowest BCUT2D eigenvalue weighted by Crippen LogP contribution is -2.35. The van der Waals surface area contributed by atoms with Gasteiger partial charge in [0.15, 0.2) is 0 Å². The molecule has 21 heavy (non-hydrogen) atoms. The Kier molecular flexibility index (Phi) is 4.40. The summed E-state index contributed by atoms with van der Waals surface area (Å²) in [7, 11) is 0. The second-order valence-electron chi connectivity index (χ2n) is 6.28. The van der Waals surface area contributed by atoms with Crippen molar-refractivity contribution >= 4 is 5.82 Å². The maximum atomic E-state index is 9.36. The summed E-state index contributed by atoms with van der Waals surface area (Å²) in [4.78, 5) is 7.24. The van der Waals surface area contributed by atoms with Crippen LogP contribution in [-0.2, 0) is 12.8 Å². The van der Waals surface area contributed by atoms with E-state index in [9.17, 15) is 5.26 Å². The van der Waals surface area contributed by atoms with Crippen molar-refractivity contribution in [2.24, 2.45) is 0 Å². The highest BCUT2D eigenvalue weighted by Gasteiger charge is 2.19. The van der Waals surface area contributed by atoms with Gasteiger partial charge in [0.1, 0.15) is 11.9 Å². The number of likely N-dealkylation sites (tertiary alicyclic amines) is 1. The van der Waals surface area contributed by atoms with E-state index in [4.69, 9.17) is 4.98 Å². The van der Waals surface area contributed by atoms with Crippen molar-refractivity contribution in [2.45, 2.75) is 51.5 Å². The molecule has 1 atom stereocenters. The molecule has 4 nitrogen and oxygen atoms in total. The van der Waals surface area contributed by atoms with Crippen molar-refractivity contribution in [1.29, 1.82) is 5.26 Å². The smallest absolute Gasteiger partial charge is 0.144 e. The molecule has 0 aromatic carbocycles. The second-order valence-corrected chi connectivity index (χ2v) is 6.28. The third-order valence-corrected chi connectivity index (χ3v) is 4.75. The van der Waals surface area contributed by atoms with Gasteiger partial charge in [0.2, 0.25) is 0 Å². The van der Waals surface area contributed by atoms with E-state index in [1.165, 1.54) is 50.0 Å². The van der Waals surface area contributed by atoms with Crippen molar-refractivity contribution < 1.29 is 0 Å². The van der Waals surface area contributed by atoms with Gasteiger partial charge in [-0.25, -0.2) is 4.98 Å². The molecule has 0 saturated carbocycles. The summed E-state index contributed by atoms with van der Waals surface area (Å²) in [5.74, 6) is 0.782. The van der Waals surface area contributed by atoms with Gasteiger partial charge >= 0.3 is 0 Å². The quantitative estimate of drug-likeness (QED) is 0.923. The van der Waals surface area contributed by atoms with Crippen LogP contribution in [-0.4, -0.2) is 35.6 Å². The minimum atomic E-state index is 0.497. The molecule has 0 radical (unpaired) electrons. The Hall–Kier alpha value is -1.60. The van der Waals surface area contributed by atoms with Crippen LogP contribution in [0, 0.1) is 11.3 Å². The molecule has 3 rings (SSSR count). The number of aromatic nitrogens is 1. The van der Waals surface area contributed by atoms with E-state index in [-0.39, 0.29) is 0 Å². The highest BCUT2D eigenvalue weighted by atomic mass is 15.2. The monoisotopic (exact) mass is 284 g/mol. The first-order valence-electron chi connectivity index (χ1n) is 8.19. The van der Waals surface area contributed by atoms with Crippen LogP contribution in [0.15, 0.2) is 6.07 Å². The summed E-state index contributed by atoms with van der Waals surface area (Å²) in [6.45, 7) is 5.51. The lowest BCUT2D eigenvalue weighted by atomic mass is 9.95. The van der Waals surface area contributed by atoms with Crippen LogP contribution >= 0.6 is 0 Å². The SMILES string of the molecule is CC(CNc1nc2c(cc1C#N)CCCC2)N1CCCC1. The summed E-state index contributed by atoms with van der Waals surface area (Å²) >= 11 is 0. The van der Waals surface area contributed by atoms with Crippen molar-refractivity contribution in [1.82, 2.24) is 9.88 Å². The highest BCUT2D eigenvalue weighted by Crippen LogP contribution is 2.24. The maximum absolute atomic E-state index is 9.36. The van der Waals surface area contributed by atoms with Crippen LogP contribution in [0.5, 0.6) is 0 Å². The predicted molar refractivity (Wildman–Crippen MR) is 84.4 cm³/mol. The molecule has 1 saturated heterocycles. The molecule has 0 amide bonds. The maximum Gasteiger partial charge on any atom is 0.144 e. The van der Waals surface area contributed by atoms with Crippen molar-refractivity contribution in [3.8, 4) is 6.07 Å². The molecule has 1 aliphatic carbocycles. The average molecular weight is 284 g/mol.